The highest BCUT2D eigenvalue weighted by Gasteiger charge is 2.07. The van der Waals surface area contributed by atoms with E-state index in [0.29, 0.717) is 0 Å². The van der Waals surface area contributed by atoms with Gasteiger partial charge in [0.15, 0.2) is 0 Å². The monoisotopic (exact) mass is 205 g/mol. The average Bonchev–Trinajstić information content (AvgIpc) is 2.22. The van der Waals surface area contributed by atoms with E-state index in [4.69, 9.17) is 10.2 Å². The fraction of sp³-hybridized carbons (Fsp3) is 0.462. The largest absolute Gasteiger partial charge is 0.231 e. The van der Waals surface area contributed by atoms with E-state index in [1.807, 2.05) is 0 Å². The SMILES string of the molecule is Cc1c(C)c(C)c(C)c(C)c1C.N=C=O. The van der Waals surface area contributed by atoms with Gasteiger partial charge < -0.3 is 0 Å². The number of rotatable bonds is 0. The predicted molar refractivity (Wildman–Crippen MR) is 63.3 cm³/mol. The van der Waals surface area contributed by atoms with Crippen LogP contribution in [0, 0.1) is 47.0 Å². The molecule has 0 radical (unpaired) electrons. The van der Waals surface area contributed by atoms with E-state index in [9.17, 15) is 0 Å². The molecular formula is C13H19NO. The Bertz CT molecular complexity index is 294. The van der Waals surface area contributed by atoms with Gasteiger partial charge in [-0.15, -0.1) is 0 Å². The highest BCUT2D eigenvalue weighted by atomic mass is 16.1. The third-order valence-corrected chi connectivity index (χ3v) is 3.38. The summed E-state index contributed by atoms with van der Waals surface area (Å²) in [6, 6.07) is 0. The highest BCUT2D eigenvalue weighted by molar-refractivity contribution is 5.48. The maximum absolute atomic E-state index is 8.35. The van der Waals surface area contributed by atoms with Gasteiger partial charge in [-0.25, -0.2) is 10.2 Å². The zero-order chi connectivity index (χ0) is 12.2. The van der Waals surface area contributed by atoms with Gasteiger partial charge in [-0.2, -0.15) is 0 Å². The number of hydrogen-bond donors (Lipinski definition) is 1. The molecule has 2 heteroatoms. The Kier molecular flexibility index (Phi) is 4.96. The number of benzene rings is 1. The fourth-order valence-electron chi connectivity index (χ4n) is 1.69. The summed E-state index contributed by atoms with van der Waals surface area (Å²) in [6.07, 6.45) is 0.750. The van der Waals surface area contributed by atoms with Crippen molar-refractivity contribution in [3.8, 4) is 0 Å². The van der Waals surface area contributed by atoms with Crippen molar-refractivity contribution in [2.45, 2.75) is 41.5 Å². The van der Waals surface area contributed by atoms with Gasteiger partial charge in [0.25, 0.3) is 0 Å². The lowest BCUT2D eigenvalue weighted by atomic mass is 9.90. The predicted octanol–water partition coefficient (Wildman–Crippen LogP) is 3.44. The van der Waals surface area contributed by atoms with E-state index in [0.717, 1.165) is 6.08 Å². The number of hydrogen-bond acceptors (Lipinski definition) is 2. The number of isocyanates is 1. The third kappa shape index (κ3) is 2.77. The molecule has 0 aliphatic carbocycles. The van der Waals surface area contributed by atoms with Crippen LogP contribution >= 0.6 is 0 Å². The summed E-state index contributed by atoms with van der Waals surface area (Å²) in [5, 5.41) is 5.40. The van der Waals surface area contributed by atoms with Gasteiger partial charge in [-0.1, -0.05) is 0 Å². The van der Waals surface area contributed by atoms with E-state index in [-0.39, 0.29) is 0 Å². The Balaban J connectivity index is 0.000000583. The van der Waals surface area contributed by atoms with Crippen LogP contribution in [0.5, 0.6) is 0 Å². The van der Waals surface area contributed by atoms with Crippen LogP contribution in [-0.4, -0.2) is 6.08 Å². The second-order valence-electron chi connectivity index (χ2n) is 3.85. The summed E-state index contributed by atoms with van der Waals surface area (Å²) in [6.45, 7) is 13.3. The maximum atomic E-state index is 8.35. The molecule has 1 rings (SSSR count). The van der Waals surface area contributed by atoms with Gasteiger partial charge in [0, 0.05) is 0 Å². The molecule has 0 saturated heterocycles. The third-order valence-electron chi connectivity index (χ3n) is 3.38. The van der Waals surface area contributed by atoms with E-state index in [1.54, 1.807) is 0 Å². The summed E-state index contributed by atoms with van der Waals surface area (Å²) in [5.74, 6) is 0. The van der Waals surface area contributed by atoms with E-state index >= 15 is 0 Å². The van der Waals surface area contributed by atoms with Crippen LogP contribution in [0.2, 0.25) is 0 Å². The van der Waals surface area contributed by atoms with Crippen molar-refractivity contribution in [3.63, 3.8) is 0 Å². The second kappa shape index (κ2) is 5.47. The lowest BCUT2D eigenvalue weighted by Crippen LogP contribution is -1.98. The minimum Gasteiger partial charge on any atom is -0.222 e. The molecule has 0 bridgehead atoms. The molecule has 15 heavy (non-hydrogen) atoms. The van der Waals surface area contributed by atoms with Gasteiger partial charge in [0.05, 0.1) is 0 Å². The van der Waals surface area contributed by atoms with Crippen molar-refractivity contribution >= 4 is 6.08 Å². The standard InChI is InChI=1S/C12H18.CHNO/c1-7-8(2)10(4)12(6)11(5)9(7)3;2-1-3/h1-6H3;2H. The van der Waals surface area contributed by atoms with E-state index in [1.165, 1.54) is 33.4 Å². The normalized spacial score (nSPS) is 8.93. The Morgan fingerprint density at radius 1 is 0.667 bits per heavy atom. The second-order valence-corrected chi connectivity index (χ2v) is 3.85. The minimum absolute atomic E-state index is 0.750. The highest BCUT2D eigenvalue weighted by Crippen LogP contribution is 2.24. The fourth-order valence-corrected chi connectivity index (χ4v) is 1.69. The molecule has 2 nitrogen and oxygen atoms in total. The topological polar surface area (TPSA) is 40.9 Å². The molecule has 0 saturated carbocycles. The van der Waals surface area contributed by atoms with Crippen molar-refractivity contribution in [2.24, 2.45) is 0 Å². The Hall–Kier alpha value is -1.40. The van der Waals surface area contributed by atoms with Gasteiger partial charge in [0.2, 0.25) is 6.08 Å². The van der Waals surface area contributed by atoms with Gasteiger partial charge in [0.1, 0.15) is 0 Å². The van der Waals surface area contributed by atoms with E-state index < -0.39 is 0 Å². The summed E-state index contributed by atoms with van der Waals surface area (Å²) < 4.78 is 0. The number of carbonyl (C=O) groups excluding carboxylic acids is 1. The molecule has 0 aliphatic heterocycles. The summed E-state index contributed by atoms with van der Waals surface area (Å²) in [7, 11) is 0. The zero-order valence-corrected chi connectivity index (χ0v) is 10.4. The van der Waals surface area contributed by atoms with Crippen molar-refractivity contribution in [1.82, 2.24) is 0 Å². The van der Waals surface area contributed by atoms with Crippen LogP contribution in [0.3, 0.4) is 0 Å². The van der Waals surface area contributed by atoms with Crippen LogP contribution in [0.1, 0.15) is 33.4 Å². The van der Waals surface area contributed by atoms with Crippen LogP contribution < -0.4 is 0 Å². The molecule has 1 N–H and O–H groups in total. The lowest BCUT2D eigenvalue weighted by molar-refractivity contribution is 0.563. The van der Waals surface area contributed by atoms with Crippen LogP contribution in [0.15, 0.2) is 0 Å². The zero-order valence-electron chi connectivity index (χ0n) is 10.4. The smallest absolute Gasteiger partial charge is 0.222 e. The van der Waals surface area contributed by atoms with Crippen LogP contribution in [-0.2, 0) is 4.79 Å². The minimum atomic E-state index is 0.750. The van der Waals surface area contributed by atoms with Gasteiger partial charge >= 0.3 is 0 Å². The van der Waals surface area contributed by atoms with Crippen molar-refractivity contribution in [3.05, 3.63) is 33.4 Å². The molecule has 0 aliphatic rings. The summed E-state index contributed by atoms with van der Waals surface area (Å²) in [4.78, 5) is 8.35. The average molecular weight is 205 g/mol. The molecule has 0 heterocycles. The van der Waals surface area contributed by atoms with Gasteiger partial charge in [-0.3, -0.25) is 0 Å². The maximum Gasteiger partial charge on any atom is 0.231 e. The summed E-state index contributed by atoms with van der Waals surface area (Å²) >= 11 is 0. The Labute approximate surface area is 91.8 Å². The van der Waals surface area contributed by atoms with Crippen LogP contribution in [0.4, 0.5) is 0 Å². The molecule has 0 amide bonds. The molecule has 1 aromatic rings. The van der Waals surface area contributed by atoms with E-state index in [2.05, 4.69) is 41.5 Å². The molecule has 82 valence electrons. The quantitative estimate of drug-likeness (QED) is 0.511. The van der Waals surface area contributed by atoms with Crippen LogP contribution in [0.25, 0.3) is 0 Å². The first-order chi connectivity index (χ1) is 6.88. The first kappa shape index (κ1) is 13.6. The molecule has 0 atom stereocenters. The van der Waals surface area contributed by atoms with Crippen molar-refractivity contribution in [2.75, 3.05) is 0 Å². The first-order valence-corrected chi connectivity index (χ1v) is 4.95. The Morgan fingerprint density at radius 2 is 0.733 bits per heavy atom. The van der Waals surface area contributed by atoms with Gasteiger partial charge in [-0.05, 0) is 74.9 Å². The molecule has 1 aromatic carbocycles. The molecule has 0 fully saturated rings. The van der Waals surface area contributed by atoms with Crippen molar-refractivity contribution in [1.29, 1.82) is 5.41 Å². The summed E-state index contributed by atoms with van der Waals surface area (Å²) in [5.41, 5.74) is 8.73. The van der Waals surface area contributed by atoms with Crippen molar-refractivity contribution < 1.29 is 4.79 Å². The molecular weight excluding hydrogens is 186 g/mol. The first-order valence-electron chi connectivity index (χ1n) is 4.95. The molecule has 0 unspecified atom stereocenters. The Morgan fingerprint density at radius 3 is 0.800 bits per heavy atom. The molecule has 0 spiro atoms. The lowest BCUT2D eigenvalue weighted by Gasteiger charge is -2.15. The number of nitrogens with one attached hydrogen (secondary N) is 1. The molecule has 0 aromatic heterocycles.